The van der Waals surface area contributed by atoms with Gasteiger partial charge in [0.1, 0.15) is 0 Å². The molecule has 2 heterocycles. The molecule has 110 valence electrons. The third kappa shape index (κ3) is 1.73. The second-order valence-electron chi connectivity index (χ2n) is 5.82. The third-order valence-corrected chi connectivity index (χ3v) is 4.63. The number of benzene rings is 3. The van der Waals surface area contributed by atoms with Gasteiger partial charge in [-0.2, -0.15) is 0 Å². The van der Waals surface area contributed by atoms with Crippen LogP contribution in [0.25, 0.3) is 32.6 Å². The van der Waals surface area contributed by atoms with Crippen LogP contribution in [0.3, 0.4) is 0 Å². The van der Waals surface area contributed by atoms with Crippen LogP contribution >= 0.6 is 0 Å². The van der Waals surface area contributed by atoms with E-state index in [-0.39, 0.29) is 41.2 Å². The Morgan fingerprint density at radius 1 is 0.958 bits per heavy atom. The van der Waals surface area contributed by atoms with Gasteiger partial charge in [-0.15, -0.1) is 0 Å². The maximum atomic E-state index is 12.9. The number of carbonyl (C=O) groups is 1. The normalized spacial score (nSPS) is 13.0. The molecule has 4 aromatic rings. The van der Waals surface area contributed by atoms with Crippen LogP contribution in [0.4, 0.5) is 5.69 Å². The molecule has 1 aliphatic rings. The Morgan fingerprint density at radius 3 is 2.33 bits per heavy atom. The van der Waals surface area contributed by atoms with Crippen molar-refractivity contribution >= 4 is 44.2 Å². The number of aromatic nitrogens is 1. The van der Waals surface area contributed by atoms with Crippen LogP contribution in [0.2, 0.25) is 0 Å². The van der Waals surface area contributed by atoms with E-state index in [2.05, 4.69) is 0 Å². The molecule has 5 heteroatoms. The first-order valence-electron chi connectivity index (χ1n) is 7.40. The van der Waals surface area contributed by atoms with Crippen molar-refractivity contribution in [3.8, 4) is 5.75 Å². The predicted molar refractivity (Wildman–Crippen MR) is 88.9 cm³/mol. The van der Waals surface area contributed by atoms with Gasteiger partial charge < -0.3 is 10.0 Å². The van der Waals surface area contributed by atoms with Crippen molar-refractivity contribution in [1.29, 1.82) is 0 Å². The van der Waals surface area contributed by atoms with Gasteiger partial charge in [0.2, 0.25) is 0 Å². The first-order valence-corrected chi connectivity index (χ1v) is 7.40. The number of anilines is 1. The van der Waals surface area contributed by atoms with Crippen molar-refractivity contribution in [2.75, 3.05) is 11.9 Å². The van der Waals surface area contributed by atoms with Crippen molar-refractivity contribution in [2.24, 2.45) is 0 Å². The van der Waals surface area contributed by atoms with Crippen LogP contribution in [0, 0.1) is 0 Å². The van der Waals surface area contributed by atoms with Crippen LogP contribution in [0.5, 0.6) is 5.75 Å². The second kappa shape index (κ2) is 5.18. The summed E-state index contributed by atoms with van der Waals surface area (Å²) < 4.78 is 0. The zero-order chi connectivity index (χ0) is 15.7. The van der Waals surface area contributed by atoms with E-state index in [0.29, 0.717) is 22.0 Å². The molecule has 0 unspecified atom stereocenters. The van der Waals surface area contributed by atoms with Crippen LogP contribution in [0.1, 0.15) is 10.4 Å². The molecule has 24 heavy (non-hydrogen) atoms. The first-order chi connectivity index (χ1) is 11.2. The fourth-order valence-electron chi connectivity index (χ4n) is 3.58. The summed E-state index contributed by atoms with van der Waals surface area (Å²) in [5.41, 5.74) is 2.53. The molecular weight excluding hydrogens is 311 g/mol. The molecule has 0 bridgehead atoms. The number of fused-ring (bicyclic) bond motifs is 4. The zero-order valence-electron chi connectivity index (χ0n) is 13.3. The summed E-state index contributed by atoms with van der Waals surface area (Å²) in [7, 11) is 1.65. The quantitative estimate of drug-likeness (QED) is 0.264. The summed E-state index contributed by atoms with van der Waals surface area (Å²) in [5.74, 6) is -0.254. The molecule has 1 amide bonds. The van der Waals surface area contributed by atoms with E-state index in [1.807, 2.05) is 42.5 Å². The topological polar surface area (TPSA) is 56.3 Å². The minimum absolute atomic E-state index is 0. The summed E-state index contributed by atoms with van der Waals surface area (Å²) in [6.45, 7) is 0. The Balaban J connectivity index is 0.00000146. The Bertz CT molecular complexity index is 1170. The van der Waals surface area contributed by atoms with Crippen molar-refractivity contribution in [1.82, 2.24) is 4.98 Å². The van der Waals surface area contributed by atoms with Gasteiger partial charge >= 0.3 is 29.6 Å². The molecule has 0 aliphatic carbocycles. The van der Waals surface area contributed by atoms with E-state index in [9.17, 15) is 9.90 Å². The molecule has 0 atom stereocenters. The predicted octanol–water partition coefficient (Wildman–Crippen LogP) is 0.209. The maximum Gasteiger partial charge on any atom is 1.00 e. The van der Waals surface area contributed by atoms with Crippen LogP contribution < -0.4 is 39.6 Å². The van der Waals surface area contributed by atoms with Gasteiger partial charge in [0.05, 0.1) is 16.6 Å². The molecule has 0 saturated carbocycles. The average Bonchev–Trinajstić information content (AvgIpc) is 2.85. The molecule has 0 radical (unpaired) electrons. The molecule has 5 rings (SSSR count). The SMILES string of the molecule is CN1C(=O)c2c3ccccc3nc3c2c1c([O-])c1ccccc13.[Na+]. The molecule has 1 aliphatic heterocycles. The number of nitrogens with zero attached hydrogens (tertiary/aromatic N) is 2. The second-order valence-corrected chi connectivity index (χ2v) is 5.82. The summed E-state index contributed by atoms with van der Waals surface area (Å²) in [5, 5.41) is 15.8. The monoisotopic (exact) mass is 322 g/mol. The summed E-state index contributed by atoms with van der Waals surface area (Å²) in [4.78, 5) is 19.0. The number of rotatable bonds is 0. The molecule has 0 spiro atoms. The van der Waals surface area contributed by atoms with Gasteiger partial charge in [-0.1, -0.05) is 48.2 Å². The van der Waals surface area contributed by atoms with Gasteiger partial charge in [0, 0.05) is 28.9 Å². The maximum absolute atomic E-state index is 12.9. The molecule has 0 N–H and O–H groups in total. The van der Waals surface area contributed by atoms with Crippen molar-refractivity contribution in [3.63, 3.8) is 0 Å². The van der Waals surface area contributed by atoms with Gasteiger partial charge in [0.25, 0.3) is 5.91 Å². The van der Waals surface area contributed by atoms with Crippen molar-refractivity contribution in [3.05, 3.63) is 54.1 Å². The van der Waals surface area contributed by atoms with Gasteiger partial charge in [-0.3, -0.25) is 4.79 Å². The Morgan fingerprint density at radius 2 is 1.58 bits per heavy atom. The largest absolute Gasteiger partial charge is 1.00 e. The Hall–Kier alpha value is -2.14. The molecule has 1 aromatic heterocycles. The van der Waals surface area contributed by atoms with Gasteiger partial charge in [-0.05, 0) is 11.5 Å². The summed E-state index contributed by atoms with van der Waals surface area (Å²) in [6.07, 6.45) is 0. The number of para-hydroxylation sites is 1. The van der Waals surface area contributed by atoms with E-state index in [1.165, 1.54) is 4.90 Å². The molecule has 4 nitrogen and oxygen atoms in total. The number of amides is 1. The van der Waals surface area contributed by atoms with E-state index >= 15 is 0 Å². The molecule has 3 aromatic carbocycles. The van der Waals surface area contributed by atoms with E-state index in [1.54, 1.807) is 13.1 Å². The van der Waals surface area contributed by atoms with E-state index < -0.39 is 0 Å². The van der Waals surface area contributed by atoms with Crippen molar-refractivity contribution in [2.45, 2.75) is 0 Å². The minimum Gasteiger partial charge on any atom is -0.871 e. The number of carbonyl (C=O) groups excluding carboxylic acids is 1. The fraction of sp³-hybridized carbons (Fsp3) is 0.0526. The Labute approximate surface area is 160 Å². The van der Waals surface area contributed by atoms with Crippen LogP contribution in [0.15, 0.2) is 48.5 Å². The number of pyridine rings is 1. The molecule has 0 fully saturated rings. The number of hydrogen-bond acceptors (Lipinski definition) is 3. The van der Waals surface area contributed by atoms with E-state index in [0.717, 1.165) is 21.8 Å². The smallest absolute Gasteiger partial charge is 0.871 e. The molecule has 0 saturated heterocycles. The average molecular weight is 322 g/mol. The standard InChI is InChI=1S/C19H12N2O2.Na/c1-21-17-15-14(19(21)23)12-8-4-5-9-13(12)20-16(15)10-6-2-3-7-11(10)18(17)22;/h2-9,22H,1H3;/q;+1/p-1. The summed E-state index contributed by atoms with van der Waals surface area (Å²) in [6, 6.07) is 15.0. The third-order valence-electron chi connectivity index (χ3n) is 4.63. The molecular formula is C19H11N2NaO2. The van der Waals surface area contributed by atoms with Crippen LogP contribution in [-0.4, -0.2) is 17.9 Å². The van der Waals surface area contributed by atoms with Crippen LogP contribution in [-0.2, 0) is 0 Å². The fourth-order valence-corrected chi connectivity index (χ4v) is 3.58. The van der Waals surface area contributed by atoms with E-state index in [4.69, 9.17) is 4.98 Å². The van der Waals surface area contributed by atoms with Gasteiger partial charge in [-0.25, -0.2) is 4.98 Å². The first kappa shape index (κ1) is 15.4. The minimum atomic E-state index is -0.143. The Kier molecular flexibility index (Phi) is 3.32. The summed E-state index contributed by atoms with van der Waals surface area (Å²) >= 11 is 0. The zero-order valence-corrected chi connectivity index (χ0v) is 15.3. The number of hydrogen-bond donors (Lipinski definition) is 0. The van der Waals surface area contributed by atoms with Gasteiger partial charge in [0.15, 0.2) is 0 Å². The van der Waals surface area contributed by atoms with Crippen molar-refractivity contribution < 1.29 is 39.5 Å².